The Hall–Kier alpha value is -1.25. The first-order valence-electron chi connectivity index (χ1n) is 5.78. The minimum Gasteiger partial charge on any atom is -0.324 e. The largest absolute Gasteiger partial charge is 0.324 e. The van der Waals surface area contributed by atoms with E-state index >= 15 is 0 Å². The molecule has 2 N–H and O–H groups in total. The summed E-state index contributed by atoms with van der Waals surface area (Å²) in [6.07, 6.45) is 0. The summed E-state index contributed by atoms with van der Waals surface area (Å²) in [6, 6.07) is 19.1. The van der Waals surface area contributed by atoms with Gasteiger partial charge in [-0.2, -0.15) is 0 Å². The highest BCUT2D eigenvalue weighted by Crippen LogP contribution is 2.24. The van der Waals surface area contributed by atoms with Crippen LogP contribution in [0.4, 0.5) is 0 Å². The first-order chi connectivity index (χ1) is 8.25. The van der Waals surface area contributed by atoms with Crippen LogP contribution < -0.4 is 5.73 Å². The summed E-state index contributed by atoms with van der Waals surface area (Å²) in [5.41, 5.74) is 8.43. The lowest BCUT2D eigenvalue weighted by molar-refractivity contribution is 0.815. The van der Waals surface area contributed by atoms with E-state index in [4.69, 9.17) is 5.73 Å². The van der Waals surface area contributed by atoms with Crippen molar-refractivity contribution in [2.24, 2.45) is 5.73 Å². The van der Waals surface area contributed by atoms with Crippen LogP contribution in [0.5, 0.6) is 0 Å². The first-order valence-corrected chi connectivity index (χ1v) is 6.76. The van der Waals surface area contributed by atoms with E-state index in [-0.39, 0.29) is 6.04 Å². The monoisotopic (exact) mass is 243 g/mol. The van der Waals surface area contributed by atoms with Gasteiger partial charge in [-0.15, -0.1) is 11.8 Å². The van der Waals surface area contributed by atoms with Crippen LogP contribution in [0.2, 0.25) is 0 Å². The van der Waals surface area contributed by atoms with E-state index in [9.17, 15) is 0 Å². The molecule has 0 bridgehead atoms. The Morgan fingerprint density at radius 1 is 1.06 bits per heavy atom. The lowest BCUT2D eigenvalue weighted by Crippen LogP contribution is -2.04. The van der Waals surface area contributed by atoms with Gasteiger partial charge < -0.3 is 5.73 Å². The Bertz CT molecular complexity index is 465. The Kier molecular flexibility index (Phi) is 4.24. The summed E-state index contributed by atoms with van der Waals surface area (Å²) < 4.78 is 0. The van der Waals surface area contributed by atoms with Gasteiger partial charge in [-0.3, -0.25) is 0 Å². The molecule has 88 valence electrons. The summed E-state index contributed by atoms with van der Waals surface area (Å²) in [4.78, 5) is 1.28. The van der Waals surface area contributed by atoms with Crippen LogP contribution in [0.1, 0.15) is 24.1 Å². The second-order valence-electron chi connectivity index (χ2n) is 4.14. The number of nitrogens with two attached hydrogens (primary N) is 1. The highest BCUT2D eigenvalue weighted by atomic mass is 32.2. The zero-order valence-corrected chi connectivity index (χ0v) is 10.8. The second kappa shape index (κ2) is 5.89. The lowest BCUT2D eigenvalue weighted by atomic mass is 10.1. The molecule has 0 spiro atoms. The Morgan fingerprint density at radius 3 is 2.53 bits per heavy atom. The van der Waals surface area contributed by atoms with Crippen LogP contribution in [0, 0.1) is 0 Å². The number of thioether (sulfide) groups is 1. The number of rotatable bonds is 4. The molecule has 0 saturated carbocycles. The van der Waals surface area contributed by atoms with E-state index in [0.717, 1.165) is 5.75 Å². The molecule has 2 aromatic rings. The highest BCUT2D eigenvalue weighted by molar-refractivity contribution is 7.98. The maximum absolute atomic E-state index is 5.88. The molecule has 0 heterocycles. The predicted molar refractivity (Wildman–Crippen MR) is 75.0 cm³/mol. The standard InChI is InChI=1S/C15H17NS/c1-12(16)14-8-5-9-15(10-14)17-11-13-6-3-2-4-7-13/h2-10,12H,11,16H2,1H3. The van der Waals surface area contributed by atoms with Gasteiger partial charge in [0.25, 0.3) is 0 Å². The van der Waals surface area contributed by atoms with Gasteiger partial charge >= 0.3 is 0 Å². The van der Waals surface area contributed by atoms with E-state index in [0.29, 0.717) is 0 Å². The van der Waals surface area contributed by atoms with Crippen molar-refractivity contribution in [1.82, 2.24) is 0 Å². The third kappa shape index (κ3) is 3.62. The molecule has 2 heteroatoms. The number of hydrogen-bond donors (Lipinski definition) is 1. The fraction of sp³-hybridized carbons (Fsp3) is 0.200. The van der Waals surface area contributed by atoms with Crippen molar-refractivity contribution in [3.8, 4) is 0 Å². The van der Waals surface area contributed by atoms with E-state index in [1.54, 1.807) is 0 Å². The summed E-state index contributed by atoms with van der Waals surface area (Å²) >= 11 is 1.85. The van der Waals surface area contributed by atoms with Gasteiger partial charge in [0.05, 0.1) is 0 Å². The first kappa shape index (κ1) is 12.2. The van der Waals surface area contributed by atoms with E-state index in [2.05, 4.69) is 48.5 Å². The zero-order valence-electron chi connectivity index (χ0n) is 9.97. The van der Waals surface area contributed by atoms with Crippen LogP contribution in [-0.2, 0) is 5.75 Å². The fourth-order valence-corrected chi connectivity index (χ4v) is 2.55. The average molecular weight is 243 g/mol. The van der Waals surface area contributed by atoms with Gasteiger partial charge in [0.1, 0.15) is 0 Å². The van der Waals surface area contributed by atoms with E-state index in [1.807, 2.05) is 24.8 Å². The van der Waals surface area contributed by atoms with Crippen molar-refractivity contribution >= 4 is 11.8 Å². The van der Waals surface area contributed by atoms with Crippen molar-refractivity contribution in [2.75, 3.05) is 0 Å². The summed E-state index contributed by atoms with van der Waals surface area (Å²) in [7, 11) is 0. The molecule has 1 unspecified atom stereocenters. The van der Waals surface area contributed by atoms with Gasteiger partial charge in [-0.05, 0) is 30.2 Å². The van der Waals surface area contributed by atoms with Crippen molar-refractivity contribution < 1.29 is 0 Å². The van der Waals surface area contributed by atoms with Crippen LogP contribution >= 0.6 is 11.8 Å². The molecule has 2 aromatic carbocycles. The number of benzene rings is 2. The van der Waals surface area contributed by atoms with Crippen molar-refractivity contribution in [2.45, 2.75) is 23.6 Å². The SMILES string of the molecule is CC(N)c1cccc(SCc2ccccc2)c1. The van der Waals surface area contributed by atoms with Crippen LogP contribution in [0.25, 0.3) is 0 Å². The molecule has 2 rings (SSSR count). The maximum atomic E-state index is 5.88. The Balaban J connectivity index is 2.02. The molecule has 0 aliphatic carbocycles. The van der Waals surface area contributed by atoms with Gasteiger partial charge in [-0.25, -0.2) is 0 Å². The average Bonchev–Trinajstić information content (AvgIpc) is 2.38. The van der Waals surface area contributed by atoms with Gasteiger partial charge in [0.15, 0.2) is 0 Å². The summed E-state index contributed by atoms with van der Waals surface area (Å²) in [5.74, 6) is 1.00. The summed E-state index contributed by atoms with van der Waals surface area (Å²) in [5, 5.41) is 0. The fourth-order valence-electron chi connectivity index (χ4n) is 1.63. The summed E-state index contributed by atoms with van der Waals surface area (Å²) in [6.45, 7) is 2.01. The maximum Gasteiger partial charge on any atom is 0.0266 e. The predicted octanol–water partition coefficient (Wildman–Crippen LogP) is 4.00. The zero-order chi connectivity index (χ0) is 12.1. The molecule has 0 radical (unpaired) electrons. The van der Waals surface area contributed by atoms with Crippen LogP contribution in [-0.4, -0.2) is 0 Å². The topological polar surface area (TPSA) is 26.0 Å². The molecule has 0 aromatic heterocycles. The minimum atomic E-state index is 0.104. The second-order valence-corrected chi connectivity index (χ2v) is 5.18. The van der Waals surface area contributed by atoms with Crippen molar-refractivity contribution in [3.05, 3.63) is 65.7 Å². The quantitative estimate of drug-likeness (QED) is 0.821. The molecule has 17 heavy (non-hydrogen) atoms. The van der Waals surface area contributed by atoms with E-state index in [1.165, 1.54) is 16.0 Å². The Morgan fingerprint density at radius 2 is 1.82 bits per heavy atom. The molecule has 0 saturated heterocycles. The van der Waals surface area contributed by atoms with E-state index < -0.39 is 0 Å². The minimum absolute atomic E-state index is 0.104. The molecule has 1 atom stereocenters. The molecule has 0 fully saturated rings. The Labute approximate surface area is 107 Å². The van der Waals surface area contributed by atoms with Gasteiger partial charge in [0.2, 0.25) is 0 Å². The molecule has 0 amide bonds. The normalized spacial score (nSPS) is 12.4. The molecule has 0 aliphatic rings. The molecular weight excluding hydrogens is 226 g/mol. The van der Waals surface area contributed by atoms with Crippen molar-refractivity contribution in [3.63, 3.8) is 0 Å². The van der Waals surface area contributed by atoms with Gasteiger partial charge in [0, 0.05) is 16.7 Å². The smallest absolute Gasteiger partial charge is 0.0266 e. The molecule has 1 nitrogen and oxygen atoms in total. The third-order valence-corrected chi connectivity index (χ3v) is 3.70. The van der Waals surface area contributed by atoms with Crippen LogP contribution in [0.15, 0.2) is 59.5 Å². The van der Waals surface area contributed by atoms with Crippen molar-refractivity contribution in [1.29, 1.82) is 0 Å². The molecular formula is C15H17NS. The highest BCUT2D eigenvalue weighted by Gasteiger charge is 2.01. The lowest BCUT2D eigenvalue weighted by Gasteiger charge is -2.08. The molecule has 0 aliphatic heterocycles. The van der Waals surface area contributed by atoms with Crippen LogP contribution in [0.3, 0.4) is 0 Å². The van der Waals surface area contributed by atoms with Gasteiger partial charge in [-0.1, -0.05) is 42.5 Å². The third-order valence-electron chi connectivity index (χ3n) is 2.63. The number of hydrogen-bond acceptors (Lipinski definition) is 2.